The molecule has 0 unspecified atom stereocenters. The number of aromatic nitrogens is 2. The molecule has 1 N–H and O–H groups in total. The van der Waals surface area contributed by atoms with Crippen LogP contribution in [0.1, 0.15) is 26.2 Å². The van der Waals surface area contributed by atoms with E-state index in [1.54, 1.807) is 17.7 Å². The van der Waals surface area contributed by atoms with E-state index in [1.807, 2.05) is 12.1 Å². The number of benzene rings is 1. The van der Waals surface area contributed by atoms with Crippen LogP contribution in [0, 0.1) is 0 Å². The third kappa shape index (κ3) is 3.70. The lowest BCUT2D eigenvalue weighted by Crippen LogP contribution is -2.40. The Hall–Kier alpha value is -1.69. The molecule has 4 rings (SSSR count). The van der Waals surface area contributed by atoms with E-state index in [4.69, 9.17) is 11.6 Å². The van der Waals surface area contributed by atoms with Crippen molar-refractivity contribution in [3.63, 3.8) is 0 Å². The van der Waals surface area contributed by atoms with Gasteiger partial charge in [-0.2, -0.15) is 0 Å². The van der Waals surface area contributed by atoms with Crippen LogP contribution < -0.4 is 5.32 Å². The first kappa shape index (κ1) is 17.7. The second kappa shape index (κ2) is 7.91. The van der Waals surface area contributed by atoms with Crippen molar-refractivity contribution in [3.8, 4) is 11.1 Å². The van der Waals surface area contributed by atoms with Crippen molar-refractivity contribution in [2.75, 3.05) is 25.0 Å². The van der Waals surface area contributed by atoms with Crippen LogP contribution >= 0.6 is 22.9 Å². The Balaban J connectivity index is 1.55. The number of rotatable bonds is 5. The minimum atomic E-state index is 0.682. The molecule has 0 bridgehead atoms. The number of nitrogens with zero attached hydrogens (tertiary/aromatic N) is 3. The zero-order chi connectivity index (χ0) is 17.9. The molecule has 0 saturated carbocycles. The smallest absolute Gasteiger partial charge is 0.138 e. The van der Waals surface area contributed by atoms with Gasteiger partial charge in [-0.15, -0.1) is 11.3 Å². The fourth-order valence-corrected chi connectivity index (χ4v) is 4.70. The molecule has 0 radical (unpaired) electrons. The van der Waals surface area contributed by atoms with Gasteiger partial charge in [-0.3, -0.25) is 4.90 Å². The molecule has 136 valence electrons. The topological polar surface area (TPSA) is 41.0 Å². The second-order valence-corrected chi connectivity index (χ2v) is 8.16. The number of piperidine rings is 1. The summed E-state index contributed by atoms with van der Waals surface area (Å²) in [6.45, 7) is 5.48. The van der Waals surface area contributed by atoms with Crippen molar-refractivity contribution >= 4 is 39.0 Å². The second-order valence-electron chi connectivity index (χ2n) is 6.87. The number of hydrogen-bond acceptors (Lipinski definition) is 5. The lowest BCUT2D eigenvalue weighted by atomic mass is 10.0. The highest BCUT2D eigenvalue weighted by atomic mass is 35.5. The van der Waals surface area contributed by atoms with Gasteiger partial charge in [-0.25, -0.2) is 9.97 Å². The van der Waals surface area contributed by atoms with Crippen LogP contribution in [0.25, 0.3) is 21.3 Å². The summed E-state index contributed by atoms with van der Waals surface area (Å²) in [5.74, 6) is 0.922. The van der Waals surface area contributed by atoms with Gasteiger partial charge in [-0.05, 0) is 44.0 Å². The fourth-order valence-electron chi connectivity index (χ4n) is 3.66. The van der Waals surface area contributed by atoms with Gasteiger partial charge >= 0.3 is 0 Å². The minimum absolute atomic E-state index is 0.682. The Morgan fingerprint density at radius 1 is 1.23 bits per heavy atom. The van der Waals surface area contributed by atoms with Crippen LogP contribution in [0.2, 0.25) is 5.02 Å². The van der Waals surface area contributed by atoms with Gasteiger partial charge in [0.25, 0.3) is 0 Å². The summed E-state index contributed by atoms with van der Waals surface area (Å²) >= 11 is 7.69. The number of anilines is 1. The predicted molar refractivity (Wildman–Crippen MR) is 111 cm³/mol. The molecule has 26 heavy (non-hydrogen) atoms. The van der Waals surface area contributed by atoms with Crippen molar-refractivity contribution in [1.29, 1.82) is 0 Å². The Morgan fingerprint density at radius 2 is 2.08 bits per heavy atom. The van der Waals surface area contributed by atoms with Gasteiger partial charge in [0.15, 0.2) is 0 Å². The number of likely N-dealkylation sites (tertiary alicyclic amines) is 1. The predicted octanol–water partition coefficient (Wildman–Crippen LogP) is 5.30. The number of nitrogens with one attached hydrogen (secondary N) is 1. The Kier molecular flexibility index (Phi) is 5.38. The van der Waals surface area contributed by atoms with Gasteiger partial charge in [0, 0.05) is 35.1 Å². The summed E-state index contributed by atoms with van der Waals surface area (Å²) in [5, 5.41) is 7.56. The fraction of sp³-hybridized carbons (Fsp3) is 0.400. The van der Waals surface area contributed by atoms with Crippen LogP contribution in [0.4, 0.5) is 5.82 Å². The number of thiophene rings is 1. The lowest BCUT2D eigenvalue weighted by Gasteiger charge is -2.33. The molecule has 0 aliphatic carbocycles. The standard InChI is InChI=1S/C20H23ClN4S/c1-14-4-2-3-10-25(14)11-9-22-19-18-17(12-26-20(18)24-13-23-19)15-5-7-16(21)8-6-15/h5-8,12-14H,2-4,9-11H2,1H3,(H,22,23,24)/t14-/m1/s1. The first-order valence-electron chi connectivity index (χ1n) is 9.18. The van der Waals surface area contributed by atoms with E-state index in [0.717, 1.165) is 45.3 Å². The molecule has 3 heterocycles. The Bertz CT molecular complexity index is 877. The Labute approximate surface area is 163 Å². The zero-order valence-electron chi connectivity index (χ0n) is 14.9. The molecule has 6 heteroatoms. The van der Waals surface area contributed by atoms with Crippen LogP contribution in [0.3, 0.4) is 0 Å². The van der Waals surface area contributed by atoms with Crippen LogP contribution in [-0.4, -0.2) is 40.5 Å². The molecule has 1 aliphatic rings. The summed E-state index contributed by atoms with van der Waals surface area (Å²) in [6, 6.07) is 8.64. The molecule has 0 spiro atoms. The maximum atomic E-state index is 6.04. The van der Waals surface area contributed by atoms with E-state index in [1.165, 1.54) is 25.8 Å². The van der Waals surface area contributed by atoms with Crippen LogP contribution in [0.5, 0.6) is 0 Å². The molecule has 1 fully saturated rings. The molecule has 3 aromatic rings. The maximum Gasteiger partial charge on any atom is 0.138 e. The molecule has 2 aromatic heterocycles. The van der Waals surface area contributed by atoms with E-state index < -0.39 is 0 Å². The average Bonchev–Trinajstić information content (AvgIpc) is 3.09. The normalized spacial score (nSPS) is 18.3. The third-order valence-electron chi connectivity index (χ3n) is 5.16. The largest absolute Gasteiger partial charge is 0.368 e. The van der Waals surface area contributed by atoms with Crippen molar-refractivity contribution < 1.29 is 0 Å². The highest BCUT2D eigenvalue weighted by molar-refractivity contribution is 7.17. The van der Waals surface area contributed by atoms with Crippen LogP contribution in [-0.2, 0) is 0 Å². The van der Waals surface area contributed by atoms with Crippen molar-refractivity contribution in [2.24, 2.45) is 0 Å². The summed E-state index contributed by atoms with van der Waals surface area (Å²) in [7, 11) is 0. The molecule has 1 aliphatic heterocycles. The summed E-state index contributed by atoms with van der Waals surface area (Å²) in [4.78, 5) is 12.6. The SMILES string of the molecule is C[C@@H]1CCCCN1CCNc1ncnc2scc(-c3ccc(Cl)cc3)c12. The van der Waals surface area contributed by atoms with Gasteiger partial charge in [0.05, 0.1) is 5.39 Å². The highest BCUT2D eigenvalue weighted by Gasteiger charge is 2.18. The summed E-state index contributed by atoms with van der Waals surface area (Å²) in [6.07, 6.45) is 5.63. The molecule has 1 aromatic carbocycles. The van der Waals surface area contributed by atoms with E-state index in [2.05, 4.69) is 44.6 Å². The maximum absolute atomic E-state index is 6.04. The van der Waals surface area contributed by atoms with Crippen molar-refractivity contribution in [2.45, 2.75) is 32.2 Å². The van der Waals surface area contributed by atoms with Gasteiger partial charge in [-0.1, -0.05) is 30.2 Å². The minimum Gasteiger partial charge on any atom is -0.368 e. The van der Waals surface area contributed by atoms with Gasteiger partial charge < -0.3 is 5.32 Å². The van der Waals surface area contributed by atoms with E-state index in [9.17, 15) is 0 Å². The number of halogens is 1. The molecular weight excluding hydrogens is 364 g/mol. The van der Waals surface area contributed by atoms with Crippen LogP contribution in [0.15, 0.2) is 36.0 Å². The number of fused-ring (bicyclic) bond motifs is 1. The zero-order valence-corrected chi connectivity index (χ0v) is 16.5. The van der Waals surface area contributed by atoms with E-state index in [0.29, 0.717) is 6.04 Å². The van der Waals surface area contributed by atoms with Crippen molar-refractivity contribution in [3.05, 3.63) is 41.0 Å². The quantitative estimate of drug-likeness (QED) is 0.646. The Morgan fingerprint density at radius 3 is 2.88 bits per heavy atom. The molecule has 1 saturated heterocycles. The number of hydrogen-bond donors (Lipinski definition) is 1. The monoisotopic (exact) mass is 386 g/mol. The van der Waals surface area contributed by atoms with E-state index >= 15 is 0 Å². The first-order chi connectivity index (χ1) is 12.7. The molecular formula is C20H23ClN4S. The van der Waals surface area contributed by atoms with Crippen molar-refractivity contribution in [1.82, 2.24) is 14.9 Å². The van der Waals surface area contributed by atoms with E-state index in [-0.39, 0.29) is 0 Å². The highest BCUT2D eigenvalue weighted by Crippen LogP contribution is 2.36. The third-order valence-corrected chi connectivity index (χ3v) is 6.30. The summed E-state index contributed by atoms with van der Waals surface area (Å²) < 4.78 is 0. The lowest BCUT2D eigenvalue weighted by molar-refractivity contribution is 0.167. The molecule has 4 nitrogen and oxygen atoms in total. The average molecular weight is 387 g/mol. The summed E-state index contributed by atoms with van der Waals surface area (Å²) in [5.41, 5.74) is 2.30. The van der Waals surface area contributed by atoms with Gasteiger partial charge in [0.2, 0.25) is 0 Å². The molecule has 1 atom stereocenters. The molecule has 0 amide bonds. The first-order valence-corrected chi connectivity index (χ1v) is 10.4. The van der Waals surface area contributed by atoms with Gasteiger partial charge in [0.1, 0.15) is 17.0 Å².